The van der Waals surface area contributed by atoms with E-state index in [0.717, 1.165) is 48.0 Å². The standard InChI is InChI=1S/C22H25N3O4/c1-13-20(29-22(26)28-3)19(23)18-16-6-4-5-7-17(16)25(21(18)24-13)12-14-8-10-15(27-2)11-9-14/h8-11H,4-7,12H2,1-3H3,(H2,23,24). The number of hydrogen-bond donors (Lipinski definition) is 1. The number of pyridine rings is 1. The van der Waals surface area contributed by atoms with Gasteiger partial charge in [0.05, 0.1) is 25.6 Å². The molecule has 3 aromatic rings. The molecule has 1 aliphatic carbocycles. The van der Waals surface area contributed by atoms with Crippen molar-refractivity contribution in [3.05, 3.63) is 46.8 Å². The number of nitrogen functional groups attached to an aromatic ring is 1. The SMILES string of the molecule is COC(=O)Oc1c(C)nc2c(c1N)c1c(n2Cc2ccc(OC)cc2)CCCC1. The second-order valence-electron chi connectivity index (χ2n) is 7.26. The smallest absolute Gasteiger partial charge is 0.497 e. The first-order chi connectivity index (χ1) is 14.0. The average molecular weight is 395 g/mol. The number of carbonyl (C=O) groups is 1. The lowest BCUT2D eigenvalue weighted by Crippen LogP contribution is -2.11. The molecule has 0 bridgehead atoms. The van der Waals surface area contributed by atoms with Crippen molar-refractivity contribution in [2.75, 3.05) is 20.0 Å². The normalized spacial score (nSPS) is 13.2. The third-order valence-corrected chi connectivity index (χ3v) is 5.51. The first-order valence-electron chi connectivity index (χ1n) is 9.72. The first kappa shape index (κ1) is 19.1. The topological polar surface area (TPSA) is 88.6 Å². The lowest BCUT2D eigenvalue weighted by atomic mass is 9.95. The summed E-state index contributed by atoms with van der Waals surface area (Å²) in [6, 6.07) is 8.04. The van der Waals surface area contributed by atoms with Crippen molar-refractivity contribution in [3.8, 4) is 11.5 Å². The number of anilines is 1. The number of fused-ring (bicyclic) bond motifs is 3. The van der Waals surface area contributed by atoms with Crippen LogP contribution in [0.5, 0.6) is 11.5 Å². The predicted molar refractivity (Wildman–Crippen MR) is 111 cm³/mol. The van der Waals surface area contributed by atoms with E-state index in [1.165, 1.54) is 18.4 Å². The van der Waals surface area contributed by atoms with E-state index in [1.807, 2.05) is 12.1 Å². The van der Waals surface area contributed by atoms with Crippen molar-refractivity contribution in [2.45, 2.75) is 39.2 Å². The van der Waals surface area contributed by atoms with Crippen LogP contribution in [0.15, 0.2) is 24.3 Å². The van der Waals surface area contributed by atoms with Crippen LogP contribution in [0.1, 0.15) is 35.4 Å². The van der Waals surface area contributed by atoms with Crippen molar-refractivity contribution >= 4 is 22.9 Å². The van der Waals surface area contributed by atoms with Crippen LogP contribution < -0.4 is 15.2 Å². The summed E-state index contributed by atoms with van der Waals surface area (Å²) < 4.78 is 17.4. The maximum atomic E-state index is 11.7. The molecule has 2 N–H and O–H groups in total. The van der Waals surface area contributed by atoms with Gasteiger partial charge in [0.25, 0.3) is 0 Å². The monoisotopic (exact) mass is 395 g/mol. The summed E-state index contributed by atoms with van der Waals surface area (Å²) in [4.78, 5) is 16.5. The van der Waals surface area contributed by atoms with Crippen LogP contribution in [-0.2, 0) is 24.1 Å². The van der Waals surface area contributed by atoms with Gasteiger partial charge in [0.2, 0.25) is 0 Å². The minimum absolute atomic E-state index is 0.277. The number of hydrogen-bond acceptors (Lipinski definition) is 6. The Morgan fingerprint density at radius 3 is 2.59 bits per heavy atom. The summed E-state index contributed by atoms with van der Waals surface area (Å²) in [5.74, 6) is 1.11. The molecular weight excluding hydrogens is 370 g/mol. The Morgan fingerprint density at radius 1 is 1.17 bits per heavy atom. The highest BCUT2D eigenvalue weighted by atomic mass is 16.7. The Balaban J connectivity index is 1.86. The lowest BCUT2D eigenvalue weighted by Gasteiger charge is -2.16. The van der Waals surface area contributed by atoms with Crippen molar-refractivity contribution in [1.29, 1.82) is 0 Å². The molecule has 0 radical (unpaired) electrons. The number of rotatable bonds is 4. The van der Waals surface area contributed by atoms with E-state index < -0.39 is 6.16 Å². The van der Waals surface area contributed by atoms with E-state index in [9.17, 15) is 4.79 Å². The zero-order chi connectivity index (χ0) is 20.5. The summed E-state index contributed by atoms with van der Waals surface area (Å²) in [5.41, 5.74) is 12.0. The van der Waals surface area contributed by atoms with E-state index in [0.29, 0.717) is 17.9 Å². The Morgan fingerprint density at radius 2 is 1.90 bits per heavy atom. The number of ether oxygens (including phenoxy) is 3. The minimum atomic E-state index is -0.799. The van der Waals surface area contributed by atoms with Gasteiger partial charge in [0, 0.05) is 17.6 Å². The molecule has 0 unspecified atom stereocenters. The van der Waals surface area contributed by atoms with Gasteiger partial charge in [-0.25, -0.2) is 9.78 Å². The van der Waals surface area contributed by atoms with E-state index in [-0.39, 0.29) is 5.75 Å². The van der Waals surface area contributed by atoms with Crippen molar-refractivity contribution in [3.63, 3.8) is 0 Å². The summed E-state index contributed by atoms with van der Waals surface area (Å²) in [6.45, 7) is 2.48. The first-order valence-corrected chi connectivity index (χ1v) is 9.72. The van der Waals surface area contributed by atoms with Gasteiger partial charge in [-0.2, -0.15) is 0 Å². The van der Waals surface area contributed by atoms with Crippen LogP contribution >= 0.6 is 0 Å². The van der Waals surface area contributed by atoms with Crippen LogP contribution in [0.2, 0.25) is 0 Å². The van der Waals surface area contributed by atoms with Gasteiger partial charge in [-0.05, 0) is 55.9 Å². The van der Waals surface area contributed by atoms with E-state index in [2.05, 4.69) is 21.4 Å². The largest absolute Gasteiger partial charge is 0.513 e. The second-order valence-corrected chi connectivity index (χ2v) is 7.26. The van der Waals surface area contributed by atoms with Crippen LogP contribution in [-0.4, -0.2) is 29.9 Å². The van der Waals surface area contributed by atoms with Crippen LogP contribution in [0.25, 0.3) is 11.0 Å². The Hall–Kier alpha value is -3.22. The third kappa shape index (κ3) is 3.37. The molecule has 0 aliphatic heterocycles. The maximum Gasteiger partial charge on any atom is 0.513 e. The van der Waals surface area contributed by atoms with E-state index in [4.69, 9.17) is 20.2 Å². The summed E-state index contributed by atoms with van der Waals surface area (Å²) >= 11 is 0. The van der Waals surface area contributed by atoms with Gasteiger partial charge in [0.1, 0.15) is 11.4 Å². The molecule has 7 heteroatoms. The van der Waals surface area contributed by atoms with Crippen molar-refractivity contribution < 1.29 is 19.0 Å². The number of carbonyl (C=O) groups excluding carboxylic acids is 1. The van der Waals surface area contributed by atoms with Crippen LogP contribution in [0, 0.1) is 6.92 Å². The molecule has 0 atom stereocenters. The number of nitrogens with zero attached hydrogens (tertiary/aromatic N) is 2. The average Bonchev–Trinajstić information content (AvgIpc) is 3.05. The quantitative estimate of drug-likeness (QED) is 0.672. The van der Waals surface area contributed by atoms with E-state index in [1.54, 1.807) is 14.0 Å². The second kappa shape index (κ2) is 7.66. The highest BCUT2D eigenvalue weighted by Gasteiger charge is 2.26. The molecule has 2 heterocycles. The number of nitrogens with two attached hydrogens (primary N) is 1. The fraction of sp³-hybridized carbons (Fsp3) is 0.364. The number of aromatic nitrogens is 2. The van der Waals surface area contributed by atoms with Gasteiger partial charge in [-0.1, -0.05) is 12.1 Å². The Bertz CT molecular complexity index is 1070. The number of aryl methyl sites for hydroxylation is 2. The lowest BCUT2D eigenvalue weighted by molar-refractivity contribution is 0.121. The third-order valence-electron chi connectivity index (χ3n) is 5.51. The summed E-state index contributed by atoms with van der Waals surface area (Å²) in [5, 5.41) is 0.887. The molecule has 4 rings (SSSR count). The molecule has 152 valence electrons. The molecule has 0 fully saturated rings. The zero-order valence-electron chi connectivity index (χ0n) is 16.9. The minimum Gasteiger partial charge on any atom is -0.497 e. The van der Waals surface area contributed by atoms with Gasteiger partial charge < -0.3 is 24.5 Å². The summed E-state index contributed by atoms with van der Waals surface area (Å²) in [6.07, 6.45) is 3.36. The summed E-state index contributed by atoms with van der Waals surface area (Å²) in [7, 11) is 2.93. The van der Waals surface area contributed by atoms with Gasteiger partial charge >= 0.3 is 6.16 Å². The molecule has 7 nitrogen and oxygen atoms in total. The molecule has 0 saturated carbocycles. The van der Waals surface area contributed by atoms with Crippen molar-refractivity contribution in [2.24, 2.45) is 0 Å². The molecule has 29 heavy (non-hydrogen) atoms. The van der Waals surface area contributed by atoms with Crippen molar-refractivity contribution in [1.82, 2.24) is 9.55 Å². The maximum absolute atomic E-state index is 11.7. The van der Waals surface area contributed by atoms with Gasteiger partial charge in [-0.15, -0.1) is 0 Å². The molecule has 0 saturated heterocycles. The molecule has 1 aromatic carbocycles. The van der Waals surface area contributed by atoms with E-state index >= 15 is 0 Å². The molecule has 2 aromatic heterocycles. The predicted octanol–water partition coefficient (Wildman–Crippen LogP) is 4.01. The molecule has 0 spiro atoms. The molecular formula is C22H25N3O4. The highest BCUT2D eigenvalue weighted by Crippen LogP contribution is 2.40. The number of benzene rings is 1. The highest BCUT2D eigenvalue weighted by molar-refractivity contribution is 5.97. The van der Waals surface area contributed by atoms with Crippen LogP contribution in [0.4, 0.5) is 10.5 Å². The zero-order valence-corrected chi connectivity index (χ0v) is 16.9. The molecule has 0 amide bonds. The fourth-order valence-corrected chi connectivity index (χ4v) is 4.11. The number of methoxy groups -OCH3 is 2. The molecule has 1 aliphatic rings. The van der Waals surface area contributed by atoms with Crippen LogP contribution in [0.3, 0.4) is 0 Å². The Kier molecular flexibility index (Phi) is 5.05. The van der Waals surface area contributed by atoms with Gasteiger partial charge in [-0.3, -0.25) is 0 Å². The fourth-order valence-electron chi connectivity index (χ4n) is 4.11. The van der Waals surface area contributed by atoms with Gasteiger partial charge in [0.15, 0.2) is 5.75 Å². The Labute approximate surface area is 169 Å².